The fourth-order valence-corrected chi connectivity index (χ4v) is 3.89. The summed E-state index contributed by atoms with van der Waals surface area (Å²) in [7, 11) is 0. The van der Waals surface area contributed by atoms with Gasteiger partial charge in [-0.25, -0.2) is 9.37 Å². The molecule has 6 heteroatoms. The number of nitrogens with one attached hydrogen (secondary N) is 1. The molecule has 1 atom stereocenters. The van der Waals surface area contributed by atoms with Crippen molar-refractivity contribution in [2.24, 2.45) is 0 Å². The second-order valence-corrected chi connectivity index (χ2v) is 7.67. The van der Waals surface area contributed by atoms with Crippen LogP contribution in [-0.2, 0) is 11.2 Å². The highest BCUT2D eigenvalue weighted by Crippen LogP contribution is 2.30. The molecule has 4 rings (SSSR count). The molecule has 1 N–H and O–H groups in total. The lowest BCUT2D eigenvalue weighted by Gasteiger charge is -2.34. The SMILES string of the molecule is CC(C(=O)NCCc1ccc(F)cc1)N1CCC(c2nc3ccccc3o2)CC1. The van der Waals surface area contributed by atoms with Gasteiger partial charge in [-0.15, -0.1) is 0 Å². The molecule has 29 heavy (non-hydrogen) atoms. The highest BCUT2D eigenvalue weighted by atomic mass is 19.1. The van der Waals surface area contributed by atoms with E-state index in [1.807, 2.05) is 31.2 Å². The third-order valence-corrected chi connectivity index (χ3v) is 5.74. The van der Waals surface area contributed by atoms with Crippen molar-refractivity contribution in [2.75, 3.05) is 19.6 Å². The number of amides is 1. The minimum Gasteiger partial charge on any atom is -0.440 e. The van der Waals surface area contributed by atoms with E-state index < -0.39 is 0 Å². The molecule has 2 aromatic carbocycles. The molecule has 5 nitrogen and oxygen atoms in total. The first-order chi connectivity index (χ1) is 14.1. The zero-order chi connectivity index (χ0) is 20.2. The number of oxazole rings is 1. The number of carbonyl (C=O) groups excluding carboxylic acids is 1. The summed E-state index contributed by atoms with van der Waals surface area (Å²) in [6, 6.07) is 14.1. The lowest BCUT2D eigenvalue weighted by Crippen LogP contribution is -2.48. The number of benzene rings is 2. The summed E-state index contributed by atoms with van der Waals surface area (Å²) in [6.07, 6.45) is 2.55. The smallest absolute Gasteiger partial charge is 0.237 e. The summed E-state index contributed by atoms with van der Waals surface area (Å²) in [5.74, 6) is 0.898. The van der Waals surface area contributed by atoms with E-state index in [1.165, 1.54) is 12.1 Å². The maximum absolute atomic E-state index is 13.0. The van der Waals surface area contributed by atoms with E-state index in [0.717, 1.165) is 48.5 Å². The number of carbonyl (C=O) groups is 1. The molecular formula is C23H26FN3O2. The third kappa shape index (κ3) is 4.65. The lowest BCUT2D eigenvalue weighted by atomic mass is 9.95. The molecule has 1 aromatic heterocycles. The quantitative estimate of drug-likeness (QED) is 0.688. The van der Waals surface area contributed by atoms with Gasteiger partial charge in [0.1, 0.15) is 11.3 Å². The Bertz CT molecular complexity index is 929. The Morgan fingerprint density at radius 1 is 1.21 bits per heavy atom. The van der Waals surface area contributed by atoms with Crippen molar-refractivity contribution >= 4 is 17.0 Å². The minimum absolute atomic E-state index is 0.0347. The van der Waals surface area contributed by atoms with Crippen molar-refractivity contribution in [1.82, 2.24) is 15.2 Å². The normalized spacial score (nSPS) is 16.8. The van der Waals surface area contributed by atoms with Gasteiger partial charge < -0.3 is 9.73 Å². The molecule has 152 valence electrons. The van der Waals surface area contributed by atoms with Crippen molar-refractivity contribution in [1.29, 1.82) is 0 Å². The first kappa shape index (κ1) is 19.6. The van der Waals surface area contributed by atoms with E-state index in [0.29, 0.717) is 18.9 Å². The maximum Gasteiger partial charge on any atom is 0.237 e. The fraction of sp³-hybridized carbons (Fsp3) is 0.391. The Morgan fingerprint density at radius 3 is 2.66 bits per heavy atom. The van der Waals surface area contributed by atoms with Crippen LogP contribution in [0.4, 0.5) is 4.39 Å². The second-order valence-electron chi connectivity index (χ2n) is 7.67. The zero-order valence-corrected chi connectivity index (χ0v) is 16.6. The van der Waals surface area contributed by atoms with Gasteiger partial charge in [-0.05, 0) is 69.1 Å². The fourth-order valence-electron chi connectivity index (χ4n) is 3.89. The van der Waals surface area contributed by atoms with Crippen molar-refractivity contribution in [3.8, 4) is 0 Å². The number of halogens is 1. The van der Waals surface area contributed by atoms with E-state index >= 15 is 0 Å². The molecule has 1 unspecified atom stereocenters. The summed E-state index contributed by atoms with van der Waals surface area (Å²) < 4.78 is 18.9. The molecule has 0 aliphatic carbocycles. The Balaban J connectivity index is 1.25. The van der Waals surface area contributed by atoms with Gasteiger partial charge in [0.05, 0.1) is 6.04 Å². The van der Waals surface area contributed by atoms with Gasteiger partial charge in [-0.1, -0.05) is 24.3 Å². The predicted molar refractivity (Wildman–Crippen MR) is 110 cm³/mol. The Hall–Kier alpha value is -2.73. The average Bonchev–Trinajstić information content (AvgIpc) is 3.19. The molecule has 1 aliphatic rings. The molecule has 0 bridgehead atoms. The average molecular weight is 395 g/mol. The van der Waals surface area contributed by atoms with Crippen LogP contribution in [-0.4, -0.2) is 41.5 Å². The number of fused-ring (bicyclic) bond motifs is 1. The number of aromatic nitrogens is 1. The van der Waals surface area contributed by atoms with Crippen molar-refractivity contribution in [3.05, 3.63) is 65.8 Å². The van der Waals surface area contributed by atoms with Crippen LogP contribution in [0.2, 0.25) is 0 Å². The maximum atomic E-state index is 13.0. The summed E-state index contributed by atoms with van der Waals surface area (Å²) in [4.78, 5) is 19.4. The zero-order valence-electron chi connectivity index (χ0n) is 16.6. The molecule has 1 saturated heterocycles. The molecule has 3 aromatic rings. The van der Waals surface area contributed by atoms with Gasteiger partial charge in [0, 0.05) is 12.5 Å². The first-order valence-electron chi connectivity index (χ1n) is 10.2. The van der Waals surface area contributed by atoms with Crippen LogP contribution in [0.15, 0.2) is 52.9 Å². The highest BCUT2D eigenvalue weighted by molar-refractivity contribution is 5.81. The Kier molecular flexibility index (Phi) is 5.90. The number of rotatable bonds is 6. The minimum atomic E-state index is -0.243. The van der Waals surface area contributed by atoms with E-state index in [4.69, 9.17) is 4.42 Å². The largest absolute Gasteiger partial charge is 0.440 e. The standard InChI is InChI=1S/C23H26FN3O2/c1-16(22(28)25-13-10-17-6-8-19(24)9-7-17)27-14-11-18(12-15-27)23-26-20-4-2-3-5-21(20)29-23/h2-9,16,18H,10-15H2,1H3,(H,25,28). The van der Waals surface area contributed by atoms with Crippen LogP contribution in [0.1, 0.15) is 37.1 Å². The van der Waals surface area contributed by atoms with Crippen LogP contribution >= 0.6 is 0 Å². The molecule has 0 radical (unpaired) electrons. The van der Waals surface area contributed by atoms with Gasteiger partial charge in [0.2, 0.25) is 5.91 Å². The predicted octanol–water partition coefficient (Wildman–Crippen LogP) is 3.89. The van der Waals surface area contributed by atoms with E-state index in [-0.39, 0.29) is 17.8 Å². The van der Waals surface area contributed by atoms with E-state index in [2.05, 4.69) is 15.2 Å². The van der Waals surface area contributed by atoms with Gasteiger partial charge >= 0.3 is 0 Å². The molecule has 1 fully saturated rings. The third-order valence-electron chi connectivity index (χ3n) is 5.74. The van der Waals surface area contributed by atoms with Crippen molar-refractivity contribution in [2.45, 2.75) is 38.1 Å². The highest BCUT2D eigenvalue weighted by Gasteiger charge is 2.29. The van der Waals surface area contributed by atoms with Crippen LogP contribution in [0.25, 0.3) is 11.1 Å². The number of hydrogen-bond acceptors (Lipinski definition) is 4. The Labute approximate surface area is 169 Å². The number of para-hydroxylation sites is 2. The van der Waals surface area contributed by atoms with Crippen molar-refractivity contribution < 1.29 is 13.6 Å². The molecule has 1 amide bonds. The van der Waals surface area contributed by atoms with Crippen molar-refractivity contribution in [3.63, 3.8) is 0 Å². The molecule has 0 saturated carbocycles. The monoisotopic (exact) mass is 395 g/mol. The van der Waals surface area contributed by atoms with Crippen LogP contribution in [0, 0.1) is 5.82 Å². The Morgan fingerprint density at radius 2 is 1.93 bits per heavy atom. The summed E-state index contributed by atoms with van der Waals surface area (Å²) in [6.45, 7) is 4.19. The van der Waals surface area contributed by atoms with Crippen LogP contribution in [0.3, 0.4) is 0 Å². The molecule has 2 heterocycles. The molecule has 1 aliphatic heterocycles. The van der Waals surface area contributed by atoms with E-state index in [9.17, 15) is 9.18 Å². The number of hydrogen-bond donors (Lipinski definition) is 1. The van der Waals surface area contributed by atoms with Gasteiger partial charge in [-0.3, -0.25) is 9.69 Å². The summed E-state index contributed by atoms with van der Waals surface area (Å²) in [5, 5.41) is 3.00. The van der Waals surface area contributed by atoms with Crippen LogP contribution < -0.4 is 5.32 Å². The lowest BCUT2D eigenvalue weighted by molar-refractivity contribution is -0.126. The summed E-state index contributed by atoms with van der Waals surface area (Å²) in [5.41, 5.74) is 2.75. The van der Waals surface area contributed by atoms with Crippen LogP contribution in [0.5, 0.6) is 0 Å². The first-order valence-corrected chi connectivity index (χ1v) is 10.2. The number of piperidine rings is 1. The van der Waals surface area contributed by atoms with Gasteiger partial charge in [-0.2, -0.15) is 0 Å². The topological polar surface area (TPSA) is 58.4 Å². The van der Waals surface area contributed by atoms with E-state index in [1.54, 1.807) is 12.1 Å². The summed E-state index contributed by atoms with van der Waals surface area (Å²) >= 11 is 0. The number of nitrogens with zero attached hydrogens (tertiary/aromatic N) is 2. The molecule has 0 spiro atoms. The van der Waals surface area contributed by atoms with Gasteiger partial charge in [0.25, 0.3) is 0 Å². The number of likely N-dealkylation sites (tertiary alicyclic amines) is 1. The second kappa shape index (κ2) is 8.74. The van der Waals surface area contributed by atoms with Gasteiger partial charge in [0.15, 0.2) is 11.5 Å². The molecular weight excluding hydrogens is 369 g/mol.